The van der Waals surface area contributed by atoms with Gasteiger partial charge in [0.1, 0.15) is 11.6 Å². The number of thiazole rings is 1. The Morgan fingerprint density at radius 2 is 2.26 bits per heavy atom. The number of benzene rings is 1. The molecule has 1 aliphatic heterocycles. The number of nitrogens with zero attached hydrogens (tertiary/aromatic N) is 1. The van der Waals surface area contributed by atoms with Crippen molar-refractivity contribution in [1.29, 1.82) is 0 Å². The predicted octanol–water partition coefficient (Wildman–Crippen LogP) is 2.74. The molecule has 1 aromatic heterocycles. The molecule has 0 radical (unpaired) electrons. The van der Waals surface area contributed by atoms with Crippen LogP contribution >= 0.6 is 11.3 Å². The Morgan fingerprint density at radius 1 is 1.43 bits per heavy atom. The average Bonchev–Trinajstić information content (AvgIpc) is 3.27. The number of anilines is 2. The van der Waals surface area contributed by atoms with Crippen molar-refractivity contribution in [2.45, 2.75) is 18.8 Å². The number of hydrogen-bond acceptors (Lipinski definition) is 5. The summed E-state index contributed by atoms with van der Waals surface area (Å²) in [5.74, 6) is -0.962. The SMILES string of the molecule is O=C1COc2cc(F)c(C(=O)Nc3nc(C4CC4)cs3)cc2N1. The summed E-state index contributed by atoms with van der Waals surface area (Å²) < 4.78 is 19.2. The minimum absolute atomic E-state index is 0.166. The van der Waals surface area contributed by atoms with E-state index in [-0.39, 0.29) is 29.5 Å². The molecule has 0 atom stereocenters. The molecule has 1 saturated carbocycles. The molecule has 23 heavy (non-hydrogen) atoms. The van der Waals surface area contributed by atoms with E-state index in [2.05, 4.69) is 15.6 Å². The zero-order chi connectivity index (χ0) is 16.0. The van der Waals surface area contributed by atoms with E-state index in [1.165, 1.54) is 17.4 Å². The first-order valence-electron chi connectivity index (χ1n) is 7.13. The minimum Gasteiger partial charge on any atom is -0.481 e. The molecule has 2 N–H and O–H groups in total. The molecule has 0 bridgehead atoms. The van der Waals surface area contributed by atoms with Crippen molar-refractivity contribution in [1.82, 2.24) is 4.98 Å². The van der Waals surface area contributed by atoms with Crippen molar-refractivity contribution < 1.29 is 18.7 Å². The number of ether oxygens (including phenoxy) is 1. The Bertz CT molecular complexity index is 816. The van der Waals surface area contributed by atoms with Crippen molar-refractivity contribution in [3.05, 3.63) is 34.6 Å². The van der Waals surface area contributed by atoms with E-state index < -0.39 is 11.7 Å². The van der Waals surface area contributed by atoms with Gasteiger partial charge in [-0.15, -0.1) is 11.3 Å². The molecule has 2 heterocycles. The number of amides is 2. The minimum atomic E-state index is -0.712. The zero-order valence-electron chi connectivity index (χ0n) is 11.9. The number of fused-ring (bicyclic) bond motifs is 1. The van der Waals surface area contributed by atoms with E-state index in [0.29, 0.717) is 11.0 Å². The van der Waals surface area contributed by atoms with Gasteiger partial charge in [-0.1, -0.05) is 0 Å². The van der Waals surface area contributed by atoms with Crippen LogP contribution in [0.1, 0.15) is 34.8 Å². The molecule has 1 aromatic carbocycles. The topological polar surface area (TPSA) is 80.3 Å². The van der Waals surface area contributed by atoms with E-state index >= 15 is 0 Å². The van der Waals surface area contributed by atoms with E-state index in [0.717, 1.165) is 24.6 Å². The second kappa shape index (κ2) is 5.31. The van der Waals surface area contributed by atoms with Crippen molar-refractivity contribution in [3.63, 3.8) is 0 Å². The molecule has 118 valence electrons. The maximum absolute atomic E-state index is 14.1. The Balaban J connectivity index is 1.57. The number of halogens is 1. The molecule has 6 nitrogen and oxygen atoms in total. The molecule has 0 spiro atoms. The highest BCUT2D eigenvalue weighted by atomic mass is 32.1. The highest BCUT2D eigenvalue weighted by Crippen LogP contribution is 2.41. The van der Waals surface area contributed by atoms with E-state index in [1.54, 1.807) is 0 Å². The van der Waals surface area contributed by atoms with Crippen molar-refractivity contribution >= 4 is 34.0 Å². The van der Waals surface area contributed by atoms with Crippen LogP contribution in [0.4, 0.5) is 15.2 Å². The Morgan fingerprint density at radius 3 is 3.04 bits per heavy atom. The standard InChI is InChI=1S/C15H12FN3O3S/c16-9-4-12-10(17-13(20)5-22-12)3-8(9)14(21)19-15-18-11(6-23-15)7-1-2-7/h3-4,6-7H,1-2,5H2,(H,17,20)(H,18,19,21). The van der Waals surface area contributed by atoms with Crippen LogP contribution in [0.3, 0.4) is 0 Å². The van der Waals surface area contributed by atoms with Crippen LogP contribution in [-0.4, -0.2) is 23.4 Å². The number of carbonyl (C=O) groups is 2. The second-order valence-electron chi connectivity index (χ2n) is 5.47. The fraction of sp³-hybridized carbons (Fsp3) is 0.267. The van der Waals surface area contributed by atoms with Crippen LogP contribution in [0.2, 0.25) is 0 Å². The van der Waals surface area contributed by atoms with E-state index in [4.69, 9.17) is 4.74 Å². The van der Waals surface area contributed by atoms with E-state index in [1.807, 2.05) is 5.38 Å². The van der Waals surface area contributed by atoms with Gasteiger partial charge in [-0.2, -0.15) is 0 Å². The van der Waals surface area contributed by atoms with Gasteiger partial charge in [-0.05, 0) is 18.9 Å². The molecule has 2 aromatic rings. The maximum atomic E-state index is 14.1. The van der Waals surface area contributed by atoms with Crippen LogP contribution < -0.4 is 15.4 Å². The number of nitrogens with one attached hydrogen (secondary N) is 2. The first kappa shape index (κ1) is 14.1. The first-order valence-corrected chi connectivity index (χ1v) is 8.01. The summed E-state index contributed by atoms with van der Waals surface area (Å²) in [7, 11) is 0. The molecule has 4 rings (SSSR count). The summed E-state index contributed by atoms with van der Waals surface area (Å²) >= 11 is 1.32. The largest absolute Gasteiger partial charge is 0.481 e. The van der Waals surface area contributed by atoms with Crippen LogP contribution in [-0.2, 0) is 4.79 Å². The predicted molar refractivity (Wildman–Crippen MR) is 82.6 cm³/mol. The summed E-state index contributed by atoms with van der Waals surface area (Å²) in [6.45, 7) is -0.166. The lowest BCUT2D eigenvalue weighted by Gasteiger charge is -2.18. The van der Waals surface area contributed by atoms with Crippen LogP contribution in [0.5, 0.6) is 5.75 Å². The van der Waals surface area contributed by atoms with Crippen molar-refractivity contribution in [2.24, 2.45) is 0 Å². The van der Waals surface area contributed by atoms with Gasteiger partial charge in [-0.25, -0.2) is 9.37 Å². The van der Waals surface area contributed by atoms with Gasteiger partial charge in [0, 0.05) is 17.4 Å². The van der Waals surface area contributed by atoms with Gasteiger partial charge in [0.15, 0.2) is 11.7 Å². The lowest BCUT2D eigenvalue weighted by molar-refractivity contribution is -0.118. The highest BCUT2D eigenvalue weighted by Gasteiger charge is 2.27. The Labute approximate surface area is 134 Å². The maximum Gasteiger partial charge on any atom is 0.262 e. The fourth-order valence-electron chi connectivity index (χ4n) is 2.35. The zero-order valence-corrected chi connectivity index (χ0v) is 12.7. The van der Waals surface area contributed by atoms with Gasteiger partial charge in [0.25, 0.3) is 11.8 Å². The Kier molecular flexibility index (Phi) is 3.26. The van der Waals surface area contributed by atoms with Crippen LogP contribution in [0.15, 0.2) is 17.5 Å². The van der Waals surface area contributed by atoms with Gasteiger partial charge in [-0.3, -0.25) is 14.9 Å². The summed E-state index contributed by atoms with van der Waals surface area (Å²) in [4.78, 5) is 27.9. The third-order valence-corrected chi connectivity index (χ3v) is 4.46. The molecule has 2 aliphatic rings. The monoisotopic (exact) mass is 333 g/mol. The smallest absolute Gasteiger partial charge is 0.262 e. The summed E-state index contributed by atoms with van der Waals surface area (Å²) in [6, 6.07) is 2.37. The van der Waals surface area contributed by atoms with Crippen LogP contribution in [0, 0.1) is 5.82 Å². The molecule has 8 heteroatoms. The first-order chi connectivity index (χ1) is 11.1. The quantitative estimate of drug-likeness (QED) is 0.905. The Hall–Kier alpha value is -2.48. The summed E-state index contributed by atoms with van der Waals surface area (Å²) in [6.07, 6.45) is 2.24. The summed E-state index contributed by atoms with van der Waals surface area (Å²) in [5.41, 5.74) is 1.08. The molecule has 1 fully saturated rings. The fourth-order valence-corrected chi connectivity index (χ4v) is 3.14. The van der Waals surface area contributed by atoms with Gasteiger partial charge < -0.3 is 10.1 Å². The van der Waals surface area contributed by atoms with Gasteiger partial charge in [0.05, 0.1) is 16.9 Å². The molecule has 0 unspecified atom stereocenters. The number of hydrogen-bond donors (Lipinski definition) is 2. The molecular formula is C15H12FN3O3S. The third kappa shape index (κ3) is 2.77. The number of carbonyl (C=O) groups excluding carboxylic acids is 2. The average molecular weight is 333 g/mol. The molecule has 2 amide bonds. The van der Waals surface area contributed by atoms with Gasteiger partial charge >= 0.3 is 0 Å². The second-order valence-corrected chi connectivity index (χ2v) is 6.33. The van der Waals surface area contributed by atoms with Crippen molar-refractivity contribution in [2.75, 3.05) is 17.2 Å². The van der Waals surface area contributed by atoms with Crippen molar-refractivity contribution in [3.8, 4) is 5.75 Å². The molecule has 1 aliphatic carbocycles. The normalized spacial score (nSPS) is 16.3. The lowest BCUT2D eigenvalue weighted by Crippen LogP contribution is -2.26. The highest BCUT2D eigenvalue weighted by molar-refractivity contribution is 7.14. The van der Waals surface area contributed by atoms with E-state index in [9.17, 15) is 14.0 Å². The molecule has 0 saturated heterocycles. The summed E-state index contributed by atoms with van der Waals surface area (Å²) in [5, 5.41) is 7.49. The number of rotatable bonds is 3. The van der Waals surface area contributed by atoms with Gasteiger partial charge in [0.2, 0.25) is 0 Å². The molecular weight excluding hydrogens is 321 g/mol. The lowest BCUT2D eigenvalue weighted by atomic mass is 10.1. The van der Waals surface area contributed by atoms with Crippen LogP contribution in [0.25, 0.3) is 0 Å². The number of aromatic nitrogens is 1. The third-order valence-electron chi connectivity index (χ3n) is 3.68.